The molecular weight excluding hydrogens is 526 g/mol. The minimum atomic E-state index is -0.901. The van der Waals surface area contributed by atoms with Crippen molar-refractivity contribution in [3.63, 3.8) is 0 Å². The van der Waals surface area contributed by atoms with Crippen molar-refractivity contribution in [1.29, 1.82) is 0 Å². The van der Waals surface area contributed by atoms with Gasteiger partial charge in [0.1, 0.15) is 0 Å². The molecule has 0 heterocycles. The van der Waals surface area contributed by atoms with Gasteiger partial charge >= 0.3 is 0 Å². The summed E-state index contributed by atoms with van der Waals surface area (Å²) in [7, 11) is 0. The molecule has 5 N–H and O–H groups in total. The monoisotopic (exact) mass is 571 g/mol. The number of Topliss-reactive ketones (excluding diaryl/α,β-unsaturated/α-hetero) is 1. The van der Waals surface area contributed by atoms with Gasteiger partial charge in [-0.15, -0.1) is 0 Å². The van der Waals surface area contributed by atoms with Crippen LogP contribution in [0, 0.1) is 5.92 Å². The van der Waals surface area contributed by atoms with Crippen LogP contribution in [-0.2, 0) is 19.4 Å². The topological polar surface area (TPSA) is 122 Å². The van der Waals surface area contributed by atoms with Crippen molar-refractivity contribution < 1.29 is 19.5 Å². The molecule has 224 valence electrons. The molecule has 0 aliphatic carbocycles. The van der Waals surface area contributed by atoms with Crippen LogP contribution in [0.25, 0.3) is 0 Å². The number of nitrogens with two attached hydrogens (primary N) is 1. The predicted octanol–water partition coefficient (Wildman–Crippen LogP) is 5.24. The van der Waals surface area contributed by atoms with Gasteiger partial charge in [-0.25, -0.2) is 0 Å². The molecule has 0 fully saturated rings. The number of aliphatic hydroxyl groups is 1. The summed E-state index contributed by atoms with van der Waals surface area (Å²) >= 11 is 0. The average molecular weight is 572 g/mol. The van der Waals surface area contributed by atoms with Gasteiger partial charge in [0.05, 0.1) is 12.1 Å². The second kappa shape index (κ2) is 16.6. The van der Waals surface area contributed by atoms with Crippen molar-refractivity contribution in [1.82, 2.24) is 10.6 Å². The van der Waals surface area contributed by atoms with Crippen molar-refractivity contribution in [2.45, 2.75) is 78.0 Å². The van der Waals surface area contributed by atoms with Gasteiger partial charge in [-0.2, -0.15) is 0 Å². The molecule has 0 aliphatic heterocycles. The second-order valence-corrected chi connectivity index (χ2v) is 10.9. The van der Waals surface area contributed by atoms with Crippen LogP contribution in [0.2, 0.25) is 0 Å². The quantitative estimate of drug-likeness (QED) is 0.165. The first-order chi connectivity index (χ1) is 20.2. The minimum Gasteiger partial charge on any atom is -0.390 e. The standard InChI is InChI=1S/C35H45N3O4/c1-4-11-27(12-5-2)33(40)28-19-29(34(36)41)21-30(20-28)35(42)38-31(18-25-13-8-7-9-14-25)32(39)23-37-22-26-16-10-15-24(6-3)17-26/h7-10,13-17,19-21,27,31-32,37,39H,4-6,11-12,18,22-23H2,1-3H3,(H2,36,41)(H,38,42)/t31-,32+/m0/s1. The normalized spacial score (nSPS) is 12.6. The maximum atomic E-state index is 13.6. The van der Waals surface area contributed by atoms with Gasteiger partial charge in [0, 0.05) is 35.7 Å². The largest absolute Gasteiger partial charge is 0.390 e. The number of hydrogen-bond acceptors (Lipinski definition) is 5. The molecular formula is C35H45N3O4. The first-order valence-corrected chi connectivity index (χ1v) is 15.1. The minimum absolute atomic E-state index is 0.0898. The van der Waals surface area contributed by atoms with Gasteiger partial charge in [0.25, 0.3) is 5.91 Å². The third kappa shape index (κ3) is 9.64. The Bertz CT molecular complexity index is 1320. The van der Waals surface area contributed by atoms with Gasteiger partial charge in [0.15, 0.2) is 5.78 Å². The van der Waals surface area contributed by atoms with Crippen LogP contribution >= 0.6 is 0 Å². The number of benzene rings is 3. The second-order valence-electron chi connectivity index (χ2n) is 10.9. The van der Waals surface area contributed by atoms with Gasteiger partial charge in [-0.1, -0.05) is 88.2 Å². The number of aliphatic hydroxyl groups excluding tert-OH is 1. The smallest absolute Gasteiger partial charge is 0.251 e. The molecule has 2 amide bonds. The summed E-state index contributed by atoms with van der Waals surface area (Å²) in [5.74, 6) is -1.47. The first-order valence-electron chi connectivity index (χ1n) is 15.1. The molecule has 0 bridgehead atoms. The summed E-state index contributed by atoms with van der Waals surface area (Å²) in [6.07, 6.45) is 3.63. The van der Waals surface area contributed by atoms with Crippen molar-refractivity contribution in [2.75, 3.05) is 6.54 Å². The number of carbonyl (C=O) groups excluding carboxylic acids is 3. The number of carbonyl (C=O) groups is 3. The number of amides is 2. The van der Waals surface area contributed by atoms with Crippen LogP contribution in [0.1, 0.15) is 94.2 Å². The van der Waals surface area contributed by atoms with Crippen LogP contribution in [0.4, 0.5) is 0 Å². The van der Waals surface area contributed by atoms with Crippen LogP contribution in [0.5, 0.6) is 0 Å². The third-order valence-corrected chi connectivity index (χ3v) is 7.57. The summed E-state index contributed by atoms with van der Waals surface area (Å²) in [4.78, 5) is 39.1. The number of nitrogens with one attached hydrogen (secondary N) is 2. The highest BCUT2D eigenvalue weighted by Gasteiger charge is 2.25. The Morgan fingerprint density at radius 2 is 1.40 bits per heavy atom. The van der Waals surface area contributed by atoms with Crippen LogP contribution in [-0.4, -0.2) is 41.4 Å². The van der Waals surface area contributed by atoms with Gasteiger partial charge < -0.3 is 21.5 Å². The third-order valence-electron chi connectivity index (χ3n) is 7.57. The van der Waals surface area contributed by atoms with E-state index in [1.165, 1.54) is 23.8 Å². The van der Waals surface area contributed by atoms with Crippen molar-refractivity contribution in [3.8, 4) is 0 Å². The van der Waals surface area contributed by atoms with E-state index in [0.717, 1.165) is 43.2 Å². The Morgan fingerprint density at radius 3 is 2.05 bits per heavy atom. The van der Waals surface area contributed by atoms with E-state index in [1.807, 2.05) is 56.3 Å². The van der Waals surface area contributed by atoms with Gasteiger partial charge in [0.2, 0.25) is 5.91 Å². The van der Waals surface area contributed by atoms with E-state index in [4.69, 9.17) is 5.73 Å². The number of aryl methyl sites for hydroxylation is 1. The number of hydrogen-bond donors (Lipinski definition) is 4. The lowest BCUT2D eigenvalue weighted by molar-refractivity contribution is 0.0830. The van der Waals surface area contributed by atoms with Crippen molar-refractivity contribution in [2.24, 2.45) is 11.7 Å². The number of rotatable bonds is 17. The molecule has 0 aromatic heterocycles. The molecule has 7 nitrogen and oxygen atoms in total. The highest BCUT2D eigenvalue weighted by Crippen LogP contribution is 2.22. The number of ketones is 1. The fourth-order valence-corrected chi connectivity index (χ4v) is 5.25. The molecule has 0 unspecified atom stereocenters. The molecule has 0 radical (unpaired) electrons. The number of primary amides is 1. The molecule has 42 heavy (non-hydrogen) atoms. The zero-order chi connectivity index (χ0) is 30.5. The fourth-order valence-electron chi connectivity index (χ4n) is 5.25. The molecule has 2 atom stereocenters. The summed E-state index contributed by atoms with van der Waals surface area (Å²) < 4.78 is 0. The van der Waals surface area contributed by atoms with E-state index < -0.39 is 24.0 Å². The van der Waals surface area contributed by atoms with E-state index in [2.05, 4.69) is 29.7 Å². The molecule has 7 heteroatoms. The maximum Gasteiger partial charge on any atom is 0.251 e. The summed E-state index contributed by atoms with van der Waals surface area (Å²) in [6.45, 7) is 7.02. The average Bonchev–Trinajstić information content (AvgIpc) is 3.00. The van der Waals surface area contributed by atoms with E-state index in [9.17, 15) is 19.5 Å². The fraction of sp³-hybridized carbons (Fsp3) is 0.400. The summed E-state index contributed by atoms with van der Waals surface area (Å²) in [5.41, 5.74) is 9.49. The Kier molecular flexibility index (Phi) is 12.9. The Morgan fingerprint density at radius 1 is 0.786 bits per heavy atom. The Balaban J connectivity index is 1.82. The zero-order valence-electron chi connectivity index (χ0n) is 25.1. The Hall–Kier alpha value is -3.81. The van der Waals surface area contributed by atoms with Gasteiger partial charge in [-0.05, 0) is 60.6 Å². The highest BCUT2D eigenvalue weighted by molar-refractivity contribution is 6.05. The molecule has 0 saturated carbocycles. The highest BCUT2D eigenvalue weighted by atomic mass is 16.3. The van der Waals surface area contributed by atoms with Crippen molar-refractivity contribution >= 4 is 17.6 Å². The first kappa shape index (κ1) is 32.7. The van der Waals surface area contributed by atoms with Crippen LogP contribution in [0.3, 0.4) is 0 Å². The Labute approximate surface area is 249 Å². The van der Waals surface area contributed by atoms with Crippen LogP contribution in [0.15, 0.2) is 72.8 Å². The molecule has 0 aliphatic rings. The van der Waals surface area contributed by atoms with E-state index >= 15 is 0 Å². The molecule has 0 spiro atoms. The lowest BCUT2D eigenvalue weighted by Gasteiger charge is -2.25. The summed E-state index contributed by atoms with van der Waals surface area (Å²) in [6, 6.07) is 21.7. The zero-order valence-corrected chi connectivity index (χ0v) is 25.1. The van der Waals surface area contributed by atoms with Gasteiger partial charge in [-0.3, -0.25) is 14.4 Å². The van der Waals surface area contributed by atoms with Crippen molar-refractivity contribution in [3.05, 3.63) is 106 Å². The predicted molar refractivity (Wildman–Crippen MR) is 168 cm³/mol. The lowest BCUT2D eigenvalue weighted by Crippen LogP contribution is -2.48. The van der Waals surface area contributed by atoms with E-state index in [1.54, 1.807) is 0 Å². The lowest BCUT2D eigenvalue weighted by atomic mass is 9.88. The van der Waals surface area contributed by atoms with E-state index in [0.29, 0.717) is 18.5 Å². The SMILES string of the molecule is CCCC(CCC)C(=O)c1cc(C(N)=O)cc(C(=O)N[C@@H](Cc2ccccc2)[C@H](O)CNCc2cccc(CC)c2)c1. The van der Waals surface area contributed by atoms with E-state index in [-0.39, 0.29) is 29.4 Å². The maximum absolute atomic E-state index is 13.6. The molecule has 3 aromatic rings. The molecule has 0 saturated heterocycles. The molecule has 3 rings (SSSR count). The molecule has 3 aromatic carbocycles. The van der Waals surface area contributed by atoms with Crippen LogP contribution < -0.4 is 16.4 Å². The summed E-state index contributed by atoms with van der Waals surface area (Å²) in [5, 5.41) is 17.5.